The molecule has 0 spiro atoms. The van der Waals surface area contributed by atoms with Crippen LogP contribution in [-0.2, 0) is 6.54 Å². The topological polar surface area (TPSA) is 89.1 Å². The molecule has 7 nitrogen and oxygen atoms in total. The van der Waals surface area contributed by atoms with Crippen molar-refractivity contribution in [3.63, 3.8) is 0 Å². The van der Waals surface area contributed by atoms with Crippen LogP contribution in [0.1, 0.15) is 43.6 Å². The number of amides is 1. The third kappa shape index (κ3) is 4.50. The first kappa shape index (κ1) is 15.9. The molecular weight excluding hydrogens is 268 g/mol. The number of carbonyl (C=O) groups excluding carboxylic acids is 1. The molecule has 118 valence electrons. The number of nitrogens with two attached hydrogens (primary N) is 1. The van der Waals surface area contributed by atoms with Crippen molar-refractivity contribution < 1.29 is 4.79 Å². The summed E-state index contributed by atoms with van der Waals surface area (Å²) < 4.78 is 1.70. The van der Waals surface area contributed by atoms with Gasteiger partial charge in [-0.3, -0.25) is 14.9 Å². The highest BCUT2D eigenvalue weighted by atomic mass is 16.2. The van der Waals surface area contributed by atoms with E-state index in [2.05, 4.69) is 34.5 Å². The van der Waals surface area contributed by atoms with E-state index < -0.39 is 5.91 Å². The van der Waals surface area contributed by atoms with Crippen molar-refractivity contribution in [3.8, 4) is 0 Å². The van der Waals surface area contributed by atoms with Gasteiger partial charge in [-0.1, -0.05) is 19.1 Å². The second-order valence-electron chi connectivity index (χ2n) is 6.12. The van der Waals surface area contributed by atoms with Crippen LogP contribution in [0.5, 0.6) is 0 Å². The molecule has 0 bridgehead atoms. The summed E-state index contributed by atoms with van der Waals surface area (Å²) in [7, 11) is 0. The molecule has 1 amide bonds. The lowest BCUT2D eigenvalue weighted by molar-refractivity contribution is 0.0948. The number of nitrogens with one attached hydrogen (secondary N) is 1. The standard InChI is InChI=1S/C14H26N6O/c1-11(2)12-4-3-6-19(7-5-12)8-9-20-10-13(17-18-20)14(21)16-15/h10-12H,3-9,15H2,1-2H3,(H,16,21). The number of hydrogen-bond donors (Lipinski definition) is 2. The largest absolute Gasteiger partial charge is 0.301 e. The maximum Gasteiger partial charge on any atom is 0.287 e. The predicted molar refractivity (Wildman–Crippen MR) is 80.3 cm³/mol. The van der Waals surface area contributed by atoms with Gasteiger partial charge in [-0.25, -0.2) is 5.84 Å². The summed E-state index contributed by atoms with van der Waals surface area (Å²) in [6.07, 6.45) is 5.51. The highest BCUT2D eigenvalue weighted by molar-refractivity contribution is 5.91. The Kier molecular flexibility index (Phi) is 5.69. The van der Waals surface area contributed by atoms with E-state index in [4.69, 9.17) is 5.84 Å². The van der Waals surface area contributed by atoms with Crippen LogP contribution in [0.4, 0.5) is 0 Å². The average Bonchev–Trinajstić information content (AvgIpc) is 2.81. The summed E-state index contributed by atoms with van der Waals surface area (Å²) >= 11 is 0. The van der Waals surface area contributed by atoms with E-state index in [0.29, 0.717) is 0 Å². The van der Waals surface area contributed by atoms with Crippen LogP contribution in [0, 0.1) is 11.8 Å². The number of nitrogen functional groups attached to an aromatic ring is 1. The molecule has 1 saturated heterocycles. The molecule has 1 fully saturated rings. The van der Waals surface area contributed by atoms with Gasteiger partial charge in [0.05, 0.1) is 12.7 Å². The van der Waals surface area contributed by atoms with Gasteiger partial charge in [0.15, 0.2) is 5.69 Å². The van der Waals surface area contributed by atoms with Crippen molar-refractivity contribution in [2.45, 2.75) is 39.7 Å². The number of likely N-dealkylation sites (tertiary alicyclic amines) is 1. The van der Waals surface area contributed by atoms with Gasteiger partial charge in [-0.05, 0) is 44.2 Å². The van der Waals surface area contributed by atoms with E-state index >= 15 is 0 Å². The van der Waals surface area contributed by atoms with Crippen LogP contribution in [0.15, 0.2) is 6.20 Å². The average molecular weight is 294 g/mol. The minimum absolute atomic E-state index is 0.258. The molecule has 1 aromatic heterocycles. The smallest absolute Gasteiger partial charge is 0.287 e. The second-order valence-corrected chi connectivity index (χ2v) is 6.12. The predicted octanol–water partition coefficient (Wildman–Crippen LogP) is 0.640. The molecule has 1 aliphatic heterocycles. The van der Waals surface area contributed by atoms with Crippen molar-refractivity contribution in [1.82, 2.24) is 25.3 Å². The minimum Gasteiger partial charge on any atom is -0.301 e. The van der Waals surface area contributed by atoms with E-state index in [1.165, 1.54) is 19.3 Å². The van der Waals surface area contributed by atoms with Gasteiger partial charge in [-0.2, -0.15) is 0 Å². The molecular formula is C14H26N6O. The Morgan fingerprint density at radius 2 is 2.24 bits per heavy atom. The summed E-state index contributed by atoms with van der Waals surface area (Å²) in [6, 6.07) is 0. The van der Waals surface area contributed by atoms with Crippen LogP contribution in [0.2, 0.25) is 0 Å². The SMILES string of the molecule is CC(C)C1CCCN(CCn2cc(C(=O)NN)nn2)CC1. The van der Waals surface area contributed by atoms with E-state index in [1.54, 1.807) is 10.9 Å². The maximum absolute atomic E-state index is 11.3. The number of aromatic nitrogens is 3. The fraction of sp³-hybridized carbons (Fsp3) is 0.786. The number of carbonyl (C=O) groups is 1. The first-order valence-electron chi connectivity index (χ1n) is 7.73. The molecule has 1 aliphatic rings. The lowest BCUT2D eigenvalue weighted by Gasteiger charge is -2.21. The van der Waals surface area contributed by atoms with Gasteiger partial charge >= 0.3 is 0 Å². The molecule has 0 saturated carbocycles. The number of hydrazine groups is 1. The highest BCUT2D eigenvalue weighted by Gasteiger charge is 2.19. The second kappa shape index (κ2) is 7.51. The molecule has 0 radical (unpaired) electrons. The monoisotopic (exact) mass is 294 g/mol. The molecule has 2 rings (SSSR count). The quantitative estimate of drug-likeness (QED) is 0.472. The zero-order valence-corrected chi connectivity index (χ0v) is 13.0. The van der Waals surface area contributed by atoms with Crippen LogP contribution in [0.3, 0.4) is 0 Å². The number of hydrogen-bond acceptors (Lipinski definition) is 5. The van der Waals surface area contributed by atoms with Crippen LogP contribution >= 0.6 is 0 Å². The van der Waals surface area contributed by atoms with Crippen LogP contribution in [0.25, 0.3) is 0 Å². The Morgan fingerprint density at radius 3 is 2.95 bits per heavy atom. The lowest BCUT2D eigenvalue weighted by atomic mass is 9.89. The molecule has 0 aliphatic carbocycles. The first-order chi connectivity index (χ1) is 10.1. The summed E-state index contributed by atoms with van der Waals surface area (Å²) in [6.45, 7) is 8.62. The third-order valence-electron chi connectivity index (χ3n) is 4.36. The lowest BCUT2D eigenvalue weighted by Crippen LogP contribution is -2.30. The van der Waals surface area contributed by atoms with E-state index in [0.717, 1.165) is 38.0 Å². The summed E-state index contributed by atoms with van der Waals surface area (Å²) in [5, 5.41) is 7.77. The van der Waals surface area contributed by atoms with E-state index in [1.807, 2.05) is 0 Å². The normalized spacial score (nSPS) is 20.5. The molecule has 2 heterocycles. The number of rotatable bonds is 5. The van der Waals surface area contributed by atoms with E-state index in [-0.39, 0.29) is 5.69 Å². The minimum atomic E-state index is -0.407. The maximum atomic E-state index is 11.3. The molecule has 1 unspecified atom stereocenters. The van der Waals surface area contributed by atoms with Crippen molar-refractivity contribution in [2.24, 2.45) is 17.7 Å². The van der Waals surface area contributed by atoms with Crippen molar-refractivity contribution in [1.29, 1.82) is 0 Å². The molecule has 7 heteroatoms. The first-order valence-corrected chi connectivity index (χ1v) is 7.73. The van der Waals surface area contributed by atoms with Gasteiger partial charge < -0.3 is 4.90 Å². The molecule has 3 N–H and O–H groups in total. The zero-order valence-electron chi connectivity index (χ0n) is 13.0. The van der Waals surface area contributed by atoms with Gasteiger partial charge in [0, 0.05) is 6.54 Å². The fourth-order valence-corrected chi connectivity index (χ4v) is 2.90. The highest BCUT2D eigenvalue weighted by Crippen LogP contribution is 2.24. The summed E-state index contributed by atoms with van der Waals surface area (Å²) in [5.41, 5.74) is 2.32. The summed E-state index contributed by atoms with van der Waals surface area (Å²) in [4.78, 5) is 13.8. The van der Waals surface area contributed by atoms with Crippen molar-refractivity contribution >= 4 is 5.91 Å². The van der Waals surface area contributed by atoms with Gasteiger partial charge in [0.1, 0.15) is 0 Å². The Bertz CT molecular complexity index is 458. The van der Waals surface area contributed by atoms with Gasteiger partial charge in [0.2, 0.25) is 0 Å². The van der Waals surface area contributed by atoms with Gasteiger partial charge in [-0.15, -0.1) is 5.10 Å². The Labute approximate surface area is 125 Å². The van der Waals surface area contributed by atoms with Crippen LogP contribution in [-0.4, -0.2) is 45.4 Å². The van der Waals surface area contributed by atoms with E-state index in [9.17, 15) is 4.79 Å². The Morgan fingerprint density at radius 1 is 1.43 bits per heavy atom. The fourth-order valence-electron chi connectivity index (χ4n) is 2.90. The molecule has 21 heavy (non-hydrogen) atoms. The third-order valence-corrected chi connectivity index (χ3v) is 4.36. The van der Waals surface area contributed by atoms with Crippen molar-refractivity contribution in [2.75, 3.05) is 19.6 Å². The van der Waals surface area contributed by atoms with Crippen molar-refractivity contribution in [3.05, 3.63) is 11.9 Å². The molecule has 1 aromatic rings. The Hall–Kier alpha value is -1.47. The summed E-state index contributed by atoms with van der Waals surface area (Å²) in [5.74, 6) is 6.29. The zero-order chi connectivity index (χ0) is 15.2. The molecule has 1 atom stereocenters. The number of nitrogens with zero attached hydrogens (tertiary/aromatic N) is 4. The van der Waals surface area contributed by atoms with Gasteiger partial charge in [0.25, 0.3) is 5.91 Å². The molecule has 0 aromatic carbocycles. The van der Waals surface area contributed by atoms with Crippen LogP contribution < -0.4 is 11.3 Å². The Balaban J connectivity index is 1.80.